The van der Waals surface area contributed by atoms with Crippen molar-refractivity contribution in [2.75, 3.05) is 5.32 Å². The molecule has 0 fully saturated rings. The first-order valence-corrected chi connectivity index (χ1v) is 9.09. The maximum absolute atomic E-state index is 13.6. The summed E-state index contributed by atoms with van der Waals surface area (Å²) in [6.45, 7) is 0. The van der Waals surface area contributed by atoms with Crippen LogP contribution in [-0.4, -0.2) is 5.91 Å². The van der Waals surface area contributed by atoms with E-state index in [9.17, 15) is 9.18 Å². The zero-order chi connectivity index (χ0) is 16.8. The van der Waals surface area contributed by atoms with Crippen LogP contribution in [0.2, 0.25) is 0 Å². The van der Waals surface area contributed by atoms with E-state index in [1.54, 1.807) is 12.1 Å². The predicted molar refractivity (Wildman–Crippen MR) is 101 cm³/mol. The first kappa shape index (κ1) is 15.8. The average Bonchev–Trinajstić information content (AvgIpc) is 2.58. The molecule has 120 valence electrons. The Morgan fingerprint density at radius 2 is 1.75 bits per heavy atom. The Morgan fingerprint density at radius 1 is 1.00 bits per heavy atom. The van der Waals surface area contributed by atoms with Crippen LogP contribution in [0, 0.1) is 5.82 Å². The van der Waals surface area contributed by atoms with Gasteiger partial charge in [-0.25, -0.2) is 4.39 Å². The SMILES string of the molecule is O=C1C[C@@H](c2ccc(F)c(Br)c2)c2cc(Br)c3ccccc3c2N1. The van der Waals surface area contributed by atoms with Crippen molar-refractivity contribution in [1.29, 1.82) is 0 Å². The second-order valence-electron chi connectivity index (χ2n) is 5.85. The monoisotopic (exact) mass is 447 g/mol. The van der Waals surface area contributed by atoms with Crippen LogP contribution in [0.5, 0.6) is 0 Å². The molecule has 0 saturated heterocycles. The molecule has 3 aromatic carbocycles. The molecular formula is C19H12Br2FNO. The second kappa shape index (κ2) is 5.97. The van der Waals surface area contributed by atoms with Crippen molar-refractivity contribution in [2.24, 2.45) is 0 Å². The molecule has 1 atom stereocenters. The molecule has 1 heterocycles. The van der Waals surface area contributed by atoms with Gasteiger partial charge in [-0.15, -0.1) is 0 Å². The third-order valence-corrected chi connectivity index (χ3v) is 5.66. The average molecular weight is 449 g/mol. The Kier molecular flexibility index (Phi) is 3.93. The minimum atomic E-state index is -0.307. The van der Waals surface area contributed by atoms with Gasteiger partial charge in [-0.1, -0.05) is 46.3 Å². The van der Waals surface area contributed by atoms with Gasteiger partial charge >= 0.3 is 0 Å². The number of anilines is 1. The van der Waals surface area contributed by atoms with Gasteiger partial charge in [-0.2, -0.15) is 0 Å². The molecule has 0 unspecified atom stereocenters. The molecule has 0 saturated carbocycles. The number of carbonyl (C=O) groups is 1. The lowest BCUT2D eigenvalue weighted by Crippen LogP contribution is -2.24. The maximum Gasteiger partial charge on any atom is 0.225 e. The number of amides is 1. The summed E-state index contributed by atoms with van der Waals surface area (Å²) < 4.78 is 15.0. The van der Waals surface area contributed by atoms with Crippen LogP contribution < -0.4 is 5.32 Å². The fourth-order valence-electron chi connectivity index (χ4n) is 3.28. The van der Waals surface area contributed by atoms with E-state index in [1.165, 1.54) is 6.07 Å². The summed E-state index contributed by atoms with van der Waals surface area (Å²) >= 11 is 6.87. The van der Waals surface area contributed by atoms with Crippen LogP contribution in [-0.2, 0) is 4.79 Å². The molecule has 5 heteroatoms. The number of hydrogen-bond acceptors (Lipinski definition) is 1. The van der Waals surface area contributed by atoms with Crippen molar-refractivity contribution in [1.82, 2.24) is 0 Å². The van der Waals surface area contributed by atoms with Gasteiger partial charge in [-0.3, -0.25) is 4.79 Å². The van der Waals surface area contributed by atoms with Crippen molar-refractivity contribution >= 4 is 54.2 Å². The fourth-order valence-corrected chi connectivity index (χ4v) is 4.27. The number of rotatable bonds is 1. The van der Waals surface area contributed by atoms with Crippen LogP contribution in [0.1, 0.15) is 23.5 Å². The summed E-state index contributed by atoms with van der Waals surface area (Å²) in [5.41, 5.74) is 2.80. The Hall–Kier alpha value is -1.72. The highest BCUT2D eigenvalue weighted by Crippen LogP contribution is 2.44. The fraction of sp³-hybridized carbons (Fsp3) is 0.105. The molecule has 1 amide bonds. The van der Waals surface area contributed by atoms with E-state index in [-0.39, 0.29) is 17.6 Å². The van der Waals surface area contributed by atoms with E-state index in [1.807, 2.05) is 24.3 Å². The number of fused-ring (bicyclic) bond motifs is 3. The van der Waals surface area contributed by atoms with E-state index >= 15 is 0 Å². The Balaban J connectivity index is 1.97. The van der Waals surface area contributed by atoms with E-state index in [0.29, 0.717) is 10.9 Å². The normalized spacial score (nSPS) is 16.8. The van der Waals surface area contributed by atoms with Gasteiger partial charge in [0.05, 0.1) is 10.2 Å². The van der Waals surface area contributed by atoms with Gasteiger partial charge in [0, 0.05) is 22.2 Å². The molecular weight excluding hydrogens is 437 g/mol. The Labute approximate surface area is 155 Å². The van der Waals surface area contributed by atoms with Gasteiger partial charge in [-0.05, 0) is 50.6 Å². The highest BCUT2D eigenvalue weighted by Gasteiger charge is 2.29. The van der Waals surface area contributed by atoms with Crippen LogP contribution in [0.4, 0.5) is 10.1 Å². The van der Waals surface area contributed by atoms with Crippen molar-refractivity contribution in [3.05, 3.63) is 74.4 Å². The molecule has 0 bridgehead atoms. The zero-order valence-electron chi connectivity index (χ0n) is 12.4. The van der Waals surface area contributed by atoms with Crippen LogP contribution in [0.3, 0.4) is 0 Å². The third kappa shape index (κ3) is 2.56. The molecule has 2 nitrogen and oxygen atoms in total. The van der Waals surface area contributed by atoms with Gasteiger partial charge in [0.1, 0.15) is 5.82 Å². The molecule has 3 aromatic rings. The summed E-state index contributed by atoms with van der Waals surface area (Å²) in [4.78, 5) is 12.3. The van der Waals surface area contributed by atoms with Crippen molar-refractivity contribution in [3.63, 3.8) is 0 Å². The first-order valence-electron chi connectivity index (χ1n) is 7.50. The minimum Gasteiger partial charge on any atom is -0.325 e. The number of nitrogens with one attached hydrogen (secondary N) is 1. The summed E-state index contributed by atoms with van der Waals surface area (Å²) in [6, 6.07) is 14.9. The number of carbonyl (C=O) groups excluding carboxylic acids is 1. The maximum atomic E-state index is 13.6. The molecule has 1 aliphatic rings. The molecule has 24 heavy (non-hydrogen) atoms. The smallest absolute Gasteiger partial charge is 0.225 e. The molecule has 0 aliphatic carbocycles. The summed E-state index contributed by atoms with van der Waals surface area (Å²) in [6.07, 6.45) is 0.343. The minimum absolute atomic E-state index is 0.0274. The van der Waals surface area contributed by atoms with E-state index in [2.05, 4.69) is 43.2 Å². The first-order chi connectivity index (χ1) is 11.5. The number of benzene rings is 3. The number of halogens is 3. The molecule has 4 rings (SSSR count). The molecule has 0 radical (unpaired) electrons. The van der Waals surface area contributed by atoms with Gasteiger partial charge in [0.2, 0.25) is 5.91 Å². The summed E-state index contributed by atoms with van der Waals surface area (Å²) in [5.74, 6) is -0.439. The van der Waals surface area contributed by atoms with E-state index in [4.69, 9.17) is 0 Å². The molecule has 1 N–H and O–H groups in total. The van der Waals surface area contributed by atoms with Gasteiger partial charge in [0.15, 0.2) is 0 Å². The second-order valence-corrected chi connectivity index (χ2v) is 7.56. The largest absolute Gasteiger partial charge is 0.325 e. The zero-order valence-corrected chi connectivity index (χ0v) is 15.6. The van der Waals surface area contributed by atoms with E-state index in [0.717, 1.165) is 32.1 Å². The van der Waals surface area contributed by atoms with Crippen LogP contribution in [0.15, 0.2) is 57.5 Å². The predicted octanol–water partition coefficient (Wildman–Crippen LogP) is 5.98. The highest BCUT2D eigenvalue weighted by molar-refractivity contribution is 9.11. The van der Waals surface area contributed by atoms with Crippen LogP contribution >= 0.6 is 31.9 Å². The summed E-state index contributed by atoms with van der Waals surface area (Å²) in [7, 11) is 0. The van der Waals surface area contributed by atoms with Crippen LogP contribution in [0.25, 0.3) is 10.8 Å². The number of hydrogen-bond donors (Lipinski definition) is 1. The van der Waals surface area contributed by atoms with Gasteiger partial charge in [0.25, 0.3) is 0 Å². The molecule has 1 aliphatic heterocycles. The molecule has 0 aromatic heterocycles. The van der Waals surface area contributed by atoms with E-state index < -0.39 is 0 Å². The quantitative estimate of drug-likeness (QED) is 0.487. The lowest BCUT2D eigenvalue weighted by Gasteiger charge is -2.28. The highest BCUT2D eigenvalue weighted by atomic mass is 79.9. The lowest BCUT2D eigenvalue weighted by atomic mass is 9.83. The summed E-state index contributed by atoms with van der Waals surface area (Å²) in [5, 5.41) is 5.06. The van der Waals surface area contributed by atoms with Crippen molar-refractivity contribution in [3.8, 4) is 0 Å². The molecule has 0 spiro atoms. The van der Waals surface area contributed by atoms with Gasteiger partial charge < -0.3 is 5.32 Å². The lowest BCUT2D eigenvalue weighted by molar-refractivity contribution is -0.116. The Morgan fingerprint density at radius 3 is 2.50 bits per heavy atom. The standard InChI is InChI=1S/C19H12Br2FNO/c20-15-8-14-13(10-5-6-17(22)16(21)7-10)9-18(24)23-19(14)12-4-2-1-3-11(12)15/h1-8,13H,9H2,(H,23,24)/t13-/m0/s1. The van der Waals surface area contributed by atoms with Crippen molar-refractivity contribution in [2.45, 2.75) is 12.3 Å². The van der Waals surface area contributed by atoms with Crippen molar-refractivity contribution < 1.29 is 9.18 Å². The Bertz CT molecular complexity index is 987. The topological polar surface area (TPSA) is 29.1 Å². The third-order valence-electron chi connectivity index (χ3n) is 4.40.